The summed E-state index contributed by atoms with van der Waals surface area (Å²) in [5.41, 5.74) is 5.45. The second kappa shape index (κ2) is 11.0. The molecule has 0 aliphatic rings. The van der Waals surface area contributed by atoms with Crippen LogP contribution >= 0.6 is 0 Å². The zero-order chi connectivity index (χ0) is 20.0. The molecular formula is C22H25IrN2O3-. The minimum atomic E-state index is 0. The SMILES string of the molecule is CO.CO.Cc1ccc2c(n1)oc1c(-c3cc(C(C)C)ccn3)[c-]ccc12.[Ir]. The van der Waals surface area contributed by atoms with Gasteiger partial charge in [0.25, 0.3) is 0 Å². The number of aliphatic hydroxyl groups is 2. The standard InChI is InChI=1S/C20H17N2O.2CH4O.Ir/c1-12(2)14-9-10-21-18(11-14)17-6-4-5-15-16-8-7-13(3)22-20(16)23-19(15)17;2*1-2;/h4-5,7-12H,1-3H3;2*2H,1H3;/q-1;;;. The van der Waals surface area contributed by atoms with Crippen molar-refractivity contribution in [3.63, 3.8) is 0 Å². The van der Waals surface area contributed by atoms with E-state index in [1.54, 1.807) is 0 Å². The second-order valence-corrected chi connectivity index (χ2v) is 6.13. The van der Waals surface area contributed by atoms with Crippen LogP contribution in [0.2, 0.25) is 0 Å². The average molecular weight is 558 g/mol. The minimum absolute atomic E-state index is 0. The summed E-state index contributed by atoms with van der Waals surface area (Å²) in [6.07, 6.45) is 1.85. The summed E-state index contributed by atoms with van der Waals surface area (Å²) in [5, 5.41) is 16.1. The van der Waals surface area contributed by atoms with Gasteiger partial charge < -0.3 is 19.6 Å². The fraction of sp³-hybridized carbons (Fsp3) is 0.273. The van der Waals surface area contributed by atoms with Gasteiger partial charge in [0.15, 0.2) is 0 Å². The summed E-state index contributed by atoms with van der Waals surface area (Å²) in [4.78, 5) is 9.01. The van der Waals surface area contributed by atoms with Crippen molar-refractivity contribution in [2.24, 2.45) is 0 Å². The van der Waals surface area contributed by atoms with Crippen LogP contribution in [0.1, 0.15) is 31.0 Å². The summed E-state index contributed by atoms with van der Waals surface area (Å²) in [5.74, 6) is 0.455. The molecule has 4 aromatic rings. The van der Waals surface area contributed by atoms with Crippen LogP contribution in [0.4, 0.5) is 0 Å². The van der Waals surface area contributed by atoms with E-state index in [0.29, 0.717) is 11.6 Å². The Hall–Kier alpha value is -2.11. The van der Waals surface area contributed by atoms with Crippen molar-refractivity contribution < 1.29 is 34.7 Å². The minimum Gasteiger partial charge on any atom is -0.486 e. The Morgan fingerprint density at radius 2 is 1.71 bits per heavy atom. The number of fused-ring (bicyclic) bond motifs is 3. The van der Waals surface area contributed by atoms with Gasteiger partial charge in [-0.2, -0.15) is 0 Å². The molecule has 0 aliphatic carbocycles. The molecule has 1 aromatic carbocycles. The summed E-state index contributed by atoms with van der Waals surface area (Å²) < 4.78 is 6.04. The quantitative estimate of drug-likeness (QED) is 0.355. The van der Waals surface area contributed by atoms with Crippen LogP contribution in [0, 0.1) is 13.0 Å². The fourth-order valence-electron chi connectivity index (χ4n) is 2.85. The number of hydrogen-bond acceptors (Lipinski definition) is 5. The number of nitrogens with zero attached hydrogens (tertiary/aromatic N) is 2. The van der Waals surface area contributed by atoms with Gasteiger partial charge in [-0.1, -0.05) is 36.4 Å². The van der Waals surface area contributed by atoms with Crippen LogP contribution in [-0.4, -0.2) is 34.4 Å². The molecule has 0 amide bonds. The van der Waals surface area contributed by atoms with Crippen LogP contribution in [-0.2, 0) is 20.1 Å². The largest absolute Gasteiger partial charge is 0.486 e. The molecule has 0 fully saturated rings. The van der Waals surface area contributed by atoms with E-state index in [1.807, 2.05) is 31.3 Å². The molecule has 0 spiro atoms. The summed E-state index contributed by atoms with van der Waals surface area (Å²) in [7, 11) is 2.00. The van der Waals surface area contributed by atoms with Crippen molar-refractivity contribution >= 4 is 22.1 Å². The molecule has 4 rings (SSSR count). The molecule has 2 N–H and O–H groups in total. The molecule has 0 bridgehead atoms. The maximum Gasteiger partial charge on any atom is 0.216 e. The van der Waals surface area contributed by atoms with E-state index >= 15 is 0 Å². The van der Waals surface area contributed by atoms with Gasteiger partial charge in [-0.15, -0.1) is 18.2 Å². The predicted molar refractivity (Wildman–Crippen MR) is 109 cm³/mol. The van der Waals surface area contributed by atoms with Gasteiger partial charge in [0.05, 0.1) is 5.58 Å². The number of furan rings is 1. The third-order valence-corrected chi connectivity index (χ3v) is 4.14. The number of aryl methyl sites for hydroxylation is 1. The van der Waals surface area contributed by atoms with Crippen LogP contribution in [0.25, 0.3) is 33.3 Å². The molecule has 0 saturated heterocycles. The van der Waals surface area contributed by atoms with E-state index in [0.717, 1.165) is 47.5 Å². The van der Waals surface area contributed by atoms with E-state index < -0.39 is 0 Å². The first-order chi connectivity index (χ1) is 13.1. The smallest absolute Gasteiger partial charge is 0.216 e. The third kappa shape index (κ3) is 4.83. The summed E-state index contributed by atoms with van der Waals surface area (Å²) >= 11 is 0. The molecule has 0 aliphatic heterocycles. The van der Waals surface area contributed by atoms with Gasteiger partial charge in [0.1, 0.15) is 0 Å². The van der Waals surface area contributed by atoms with Crippen LogP contribution in [0.5, 0.6) is 0 Å². The normalized spacial score (nSPS) is 10.0. The van der Waals surface area contributed by atoms with E-state index in [4.69, 9.17) is 14.6 Å². The first-order valence-electron chi connectivity index (χ1n) is 8.70. The van der Waals surface area contributed by atoms with Gasteiger partial charge in [-0.25, -0.2) is 4.98 Å². The predicted octanol–water partition coefficient (Wildman–Crippen LogP) is 4.49. The van der Waals surface area contributed by atoms with Crippen molar-refractivity contribution in [2.45, 2.75) is 26.7 Å². The Labute approximate surface area is 178 Å². The number of benzene rings is 1. The maximum absolute atomic E-state index is 7.00. The van der Waals surface area contributed by atoms with Crippen molar-refractivity contribution in [1.29, 1.82) is 0 Å². The Balaban J connectivity index is 0.000000739. The molecule has 0 saturated carbocycles. The maximum atomic E-state index is 7.00. The topological polar surface area (TPSA) is 79.4 Å². The third-order valence-electron chi connectivity index (χ3n) is 4.14. The number of rotatable bonds is 2. The molecule has 6 heteroatoms. The van der Waals surface area contributed by atoms with E-state index in [2.05, 4.69) is 48.1 Å². The zero-order valence-electron chi connectivity index (χ0n) is 16.6. The van der Waals surface area contributed by atoms with Crippen molar-refractivity contribution in [2.75, 3.05) is 14.2 Å². The Kier molecular flexibility index (Phi) is 9.42. The van der Waals surface area contributed by atoms with E-state index in [-0.39, 0.29) is 20.1 Å². The summed E-state index contributed by atoms with van der Waals surface area (Å²) in [6.45, 7) is 6.32. The first-order valence-corrected chi connectivity index (χ1v) is 8.70. The second-order valence-electron chi connectivity index (χ2n) is 6.13. The molecule has 28 heavy (non-hydrogen) atoms. The molecular weight excluding hydrogens is 532 g/mol. The molecule has 0 atom stereocenters. The van der Waals surface area contributed by atoms with Crippen molar-refractivity contribution in [3.8, 4) is 11.3 Å². The van der Waals surface area contributed by atoms with Crippen LogP contribution in [0.15, 0.2) is 47.0 Å². The number of aromatic nitrogens is 2. The molecule has 151 valence electrons. The molecule has 5 nitrogen and oxygen atoms in total. The Morgan fingerprint density at radius 3 is 2.39 bits per heavy atom. The van der Waals surface area contributed by atoms with Gasteiger partial charge in [0, 0.05) is 51.6 Å². The van der Waals surface area contributed by atoms with Crippen LogP contribution in [0.3, 0.4) is 0 Å². The Bertz CT molecular complexity index is 1030. The average Bonchev–Trinajstić information content (AvgIpc) is 3.08. The van der Waals surface area contributed by atoms with E-state index in [9.17, 15) is 0 Å². The number of aliphatic hydroxyl groups excluding tert-OH is 2. The monoisotopic (exact) mass is 558 g/mol. The summed E-state index contributed by atoms with van der Waals surface area (Å²) in [6, 6.07) is 15.5. The van der Waals surface area contributed by atoms with Gasteiger partial charge in [0.2, 0.25) is 5.71 Å². The number of pyridine rings is 2. The van der Waals surface area contributed by atoms with Gasteiger partial charge in [-0.05, 0) is 36.7 Å². The van der Waals surface area contributed by atoms with Crippen molar-refractivity contribution in [3.05, 3.63) is 59.9 Å². The zero-order valence-corrected chi connectivity index (χ0v) is 19.0. The van der Waals surface area contributed by atoms with Gasteiger partial charge >= 0.3 is 0 Å². The van der Waals surface area contributed by atoms with Crippen molar-refractivity contribution in [1.82, 2.24) is 9.97 Å². The van der Waals surface area contributed by atoms with E-state index in [1.165, 1.54) is 5.56 Å². The number of hydrogen-bond donors (Lipinski definition) is 2. The Morgan fingerprint density at radius 1 is 1.00 bits per heavy atom. The van der Waals surface area contributed by atoms with Gasteiger partial charge in [-0.3, -0.25) is 0 Å². The fourth-order valence-corrected chi connectivity index (χ4v) is 2.85. The van der Waals surface area contributed by atoms with Crippen LogP contribution < -0.4 is 0 Å². The molecule has 1 radical (unpaired) electrons. The molecule has 3 heterocycles. The first kappa shape index (κ1) is 23.9. The molecule has 0 unspecified atom stereocenters. The molecule has 3 aromatic heterocycles.